The predicted octanol–water partition coefficient (Wildman–Crippen LogP) is 3.59. The molecule has 0 fully saturated rings. The van der Waals surface area contributed by atoms with Crippen molar-refractivity contribution in [3.05, 3.63) is 64.1 Å². The highest BCUT2D eigenvalue weighted by Crippen LogP contribution is 2.29. The summed E-state index contributed by atoms with van der Waals surface area (Å²) in [5, 5.41) is 18.1. The molecule has 1 aromatic heterocycles. The van der Waals surface area contributed by atoms with Crippen LogP contribution in [-0.4, -0.2) is 14.9 Å². The molecule has 0 aliphatic carbocycles. The molecule has 3 rings (SSSR count). The Bertz CT molecular complexity index is 884. The Morgan fingerprint density at radius 1 is 1.13 bits per heavy atom. The molecule has 1 heterocycles. The smallest absolute Gasteiger partial charge is 0.210 e. The fraction of sp³-hybridized carbons (Fsp3) is 0.0625. The van der Waals surface area contributed by atoms with Crippen molar-refractivity contribution in [1.29, 1.82) is 5.26 Å². The standard InChI is InChI=1S/C16H12BrN5S/c17-14-8-4-3-7-13(14)15-20-21-16(22(15)19)23-10-12-6-2-1-5-11(12)9-18/h1-8H,10,19H2. The van der Waals surface area contributed by atoms with Crippen molar-refractivity contribution in [3.63, 3.8) is 0 Å². The first-order chi connectivity index (χ1) is 11.2. The van der Waals surface area contributed by atoms with Crippen LogP contribution in [0.2, 0.25) is 0 Å². The van der Waals surface area contributed by atoms with Crippen LogP contribution in [0.4, 0.5) is 0 Å². The van der Waals surface area contributed by atoms with Crippen molar-refractivity contribution < 1.29 is 0 Å². The largest absolute Gasteiger partial charge is 0.335 e. The van der Waals surface area contributed by atoms with Gasteiger partial charge in [0.2, 0.25) is 5.16 Å². The molecule has 0 unspecified atom stereocenters. The molecule has 23 heavy (non-hydrogen) atoms. The average molecular weight is 386 g/mol. The van der Waals surface area contributed by atoms with Crippen molar-refractivity contribution >= 4 is 27.7 Å². The van der Waals surface area contributed by atoms with Gasteiger partial charge in [0.15, 0.2) is 5.82 Å². The van der Waals surface area contributed by atoms with Crippen LogP contribution in [-0.2, 0) is 5.75 Å². The zero-order chi connectivity index (χ0) is 16.2. The molecule has 0 aliphatic rings. The van der Waals surface area contributed by atoms with Crippen LogP contribution >= 0.6 is 27.7 Å². The van der Waals surface area contributed by atoms with E-state index >= 15 is 0 Å². The lowest BCUT2D eigenvalue weighted by molar-refractivity contribution is 0.849. The molecule has 0 saturated heterocycles. The van der Waals surface area contributed by atoms with Gasteiger partial charge in [0, 0.05) is 15.8 Å². The number of nitriles is 1. The number of aromatic nitrogens is 3. The van der Waals surface area contributed by atoms with E-state index in [-0.39, 0.29) is 0 Å². The summed E-state index contributed by atoms with van der Waals surface area (Å²) in [6.45, 7) is 0. The Hall–Kier alpha value is -2.30. The summed E-state index contributed by atoms with van der Waals surface area (Å²) in [4.78, 5) is 0. The minimum atomic E-state index is 0.591. The van der Waals surface area contributed by atoms with Crippen LogP contribution in [0.25, 0.3) is 11.4 Å². The second-order valence-corrected chi connectivity index (χ2v) is 6.51. The molecule has 3 aromatic rings. The second kappa shape index (κ2) is 6.86. The highest BCUT2D eigenvalue weighted by molar-refractivity contribution is 9.10. The number of hydrogen-bond donors (Lipinski definition) is 1. The topological polar surface area (TPSA) is 80.5 Å². The number of nitrogens with two attached hydrogens (primary N) is 1. The Morgan fingerprint density at radius 3 is 2.65 bits per heavy atom. The van der Waals surface area contributed by atoms with Gasteiger partial charge in [0.25, 0.3) is 0 Å². The van der Waals surface area contributed by atoms with Crippen LogP contribution < -0.4 is 5.84 Å². The molecule has 5 nitrogen and oxygen atoms in total. The zero-order valence-corrected chi connectivity index (χ0v) is 14.4. The molecule has 0 radical (unpaired) electrons. The van der Waals surface area contributed by atoms with E-state index in [0.29, 0.717) is 22.3 Å². The van der Waals surface area contributed by atoms with Crippen molar-refractivity contribution in [2.45, 2.75) is 10.9 Å². The number of halogens is 1. The van der Waals surface area contributed by atoms with E-state index in [1.54, 1.807) is 6.07 Å². The van der Waals surface area contributed by atoms with Gasteiger partial charge in [-0.25, -0.2) is 4.68 Å². The van der Waals surface area contributed by atoms with Gasteiger partial charge >= 0.3 is 0 Å². The third kappa shape index (κ3) is 3.23. The summed E-state index contributed by atoms with van der Waals surface area (Å²) in [6, 6.07) is 17.4. The molecular formula is C16H12BrN5S. The SMILES string of the molecule is N#Cc1ccccc1CSc1nnc(-c2ccccc2Br)n1N. The number of hydrogen-bond acceptors (Lipinski definition) is 5. The maximum absolute atomic E-state index is 9.13. The summed E-state index contributed by atoms with van der Waals surface area (Å²) < 4.78 is 2.38. The third-order valence-corrected chi connectivity index (χ3v) is 4.96. The summed E-state index contributed by atoms with van der Waals surface area (Å²) >= 11 is 4.94. The van der Waals surface area contributed by atoms with Crippen LogP contribution in [0, 0.1) is 11.3 Å². The number of nitrogens with zero attached hydrogens (tertiary/aromatic N) is 4. The summed E-state index contributed by atoms with van der Waals surface area (Å²) in [6.07, 6.45) is 0. The van der Waals surface area contributed by atoms with E-state index in [9.17, 15) is 0 Å². The maximum atomic E-state index is 9.13. The number of nitrogen functional groups attached to an aromatic ring is 1. The monoisotopic (exact) mass is 385 g/mol. The van der Waals surface area contributed by atoms with Gasteiger partial charge in [-0.3, -0.25) is 0 Å². The van der Waals surface area contributed by atoms with Gasteiger partial charge in [0.1, 0.15) is 0 Å². The van der Waals surface area contributed by atoms with E-state index in [2.05, 4.69) is 32.2 Å². The molecule has 7 heteroatoms. The fourth-order valence-corrected chi connectivity index (χ4v) is 3.42. The van der Waals surface area contributed by atoms with E-state index in [1.807, 2.05) is 42.5 Å². The van der Waals surface area contributed by atoms with Crippen LogP contribution in [0.1, 0.15) is 11.1 Å². The van der Waals surface area contributed by atoms with Crippen LogP contribution in [0.15, 0.2) is 58.2 Å². The predicted molar refractivity (Wildman–Crippen MR) is 94.0 cm³/mol. The molecule has 0 bridgehead atoms. The van der Waals surface area contributed by atoms with Gasteiger partial charge in [0.05, 0.1) is 11.6 Å². The van der Waals surface area contributed by atoms with E-state index in [0.717, 1.165) is 15.6 Å². The van der Waals surface area contributed by atoms with Crippen molar-refractivity contribution in [2.75, 3.05) is 5.84 Å². The Balaban J connectivity index is 1.83. The summed E-state index contributed by atoms with van der Waals surface area (Å²) in [5.74, 6) is 7.32. The van der Waals surface area contributed by atoms with Gasteiger partial charge in [-0.2, -0.15) is 5.26 Å². The highest BCUT2D eigenvalue weighted by Gasteiger charge is 2.14. The summed E-state index contributed by atoms with van der Waals surface area (Å²) in [7, 11) is 0. The van der Waals surface area contributed by atoms with Gasteiger partial charge < -0.3 is 5.84 Å². The first-order valence-electron chi connectivity index (χ1n) is 6.77. The molecule has 114 valence electrons. The molecule has 0 amide bonds. The Kier molecular flexibility index (Phi) is 4.65. The number of rotatable bonds is 4. The third-order valence-electron chi connectivity index (χ3n) is 3.27. The van der Waals surface area contributed by atoms with Crippen molar-refractivity contribution in [3.8, 4) is 17.5 Å². The molecule has 0 spiro atoms. The summed E-state index contributed by atoms with van der Waals surface area (Å²) in [5.41, 5.74) is 2.49. The molecule has 2 N–H and O–H groups in total. The number of benzene rings is 2. The molecular weight excluding hydrogens is 374 g/mol. The van der Waals surface area contributed by atoms with E-state index in [1.165, 1.54) is 16.4 Å². The van der Waals surface area contributed by atoms with Crippen molar-refractivity contribution in [2.24, 2.45) is 0 Å². The first kappa shape index (κ1) is 15.6. The van der Waals surface area contributed by atoms with Gasteiger partial charge in [-0.05, 0) is 23.8 Å². The van der Waals surface area contributed by atoms with Gasteiger partial charge in [-0.15, -0.1) is 10.2 Å². The lowest BCUT2D eigenvalue weighted by atomic mass is 10.1. The highest BCUT2D eigenvalue weighted by atomic mass is 79.9. The van der Waals surface area contributed by atoms with E-state index in [4.69, 9.17) is 11.1 Å². The minimum Gasteiger partial charge on any atom is -0.335 e. The van der Waals surface area contributed by atoms with Crippen LogP contribution in [0.3, 0.4) is 0 Å². The molecule has 0 atom stereocenters. The molecule has 2 aromatic carbocycles. The number of thioether (sulfide) groups is 1. The maximum Gasteiger partial charge on any atom is 0.210 e. The van der Waals surface area contributed by atoms with Gasteiger partial charge in [-0.1, -0.05) is 58.0 Å². The zero-order valence-electron chi connectivity index (χ0n) is 12.0. The van der Waals surface area contributed by atoms with Crippen LogP contribution in [0.5, 0.6) is 0 Å². The van der Waals surface area contributed by atoms with E-state index < -0.39 is 0 Å². The quantitative estimate of drug-likeness (QED) is 0.548. The van der Waals surface area contributed by atoms with Crippen molar-refractivity contribution in [1.82, 2.24) is 14.9 Å². The lowest BCUT2D eigenvalue weighted by Gasteiger charge is -2.06. The molecule has 0 aliphatic heterocycles. The average Bonchev–Trinajstić information content (AvgIpc) is 2.94. The Morgan fingerprint density at radius 2 is 1.87 bits per heavy atom. The Labute approximate surface area is 146 Å². The minimum absolute atomic E-state index is 0.591. The normalized spacial score (nSPS) is 10.4. The second-order valence-electron chi connectivity index (χ2n) is 4.71. The fourth-order valence-electron chi connectivity index (χ4n) is 2.10. The first-order valence-corrected chi connectivity index (χ1v) is 8.54. The lowest BCUT2D eigenvalue weighted by Crippen LogP contribution is -2.11. The molecule has 0 saturated carbocycles.